The number of hydrogen-bond acceptors (Lipinski definition) is 8. The zero-order chi connectivity index (χ0) is 27.0. The van der Waals surface area contributed by atoms with Crippen LogP contribution in [-0.4, -0.2) is 88.4 Å². The predicted octanol–water partition coefficient (Wildman–Crippen LogP) is 2.95. The first-order chi connectivity index (χ1) is 17.9. The molecule has 0 radical (unpaired) electrons. The molecule has 2 aromatic rings. The molecule has 0 saturated heterocycles. The number of methoxy groups -OCH3 is 3. The van der Waals surface area contributed by atoms with Crippen molar-refractivity contribution in [2.45, 2.75) is 26.3 Å². The van der Waals surface area contributed by atoms with E-state index in [1.165, 1.54) is 4.90 Å². The van der Waals surface area contributed by atoms with Crippen molar-refractivity contribution in [3.8, 4) is 11.5 Å². The summed E-state index contributed by atoms with van der Waals surface area (Å²) in [5.41, 5.74) is 0.991. The Morgan fingerprint density at radius 3 is 2.43 bits per heavy atom. The summed E-state index contributed by atoms with van der Waals surface area (Å²) in [5.74, 6) is 0.530. The highest BCUT2D eigenvalue weighted by atomic mass is 32.1. The molecule has 1 aromatic heterocycles. The van der Waals surface area contributed by atoms with Crippen LogP contribution in [0.3, 0.4) is 0 Å². The molecule has 3 amide bonds. The van der Waals surface area contributed by atoms with Gasteiger partial charge in [-0.25, -0.2) is 4.79 Å². The van der Waals surface area contributed by atoms with Gasteiger partial charge in [0.2, 0.25) is 5.91 Å². The number of urea groups is 1. The van der Waals surface area contributed by atoms with Crippen LogP contribution < -0.4 is 14.8 Å². The molecule has 10 nitrogen and oxygen atoms in total. The largest absolute Gasteiger partial charge is 0.493 e. The SMILES string of the molecule is CCOC(=O)CNC(=O)N(CCCOC)CC(=O)N(CCc1ccc(OC)c(OC)c1)Cc1cccs1. The van der Waals surface area contributed by atoms with Crippen molar-refractivity contribution < 1.29 is 33.3 Å². The van der Waals surface area contributed by atoms with Gasteiger partial charge in [-0.3, -0.25) is 9.59 Å². The fraction of sp³-hybridized carbons (Fsp3) is 0.500. The Balaban J connectivity index is 2.12. The Morgan fingerprint density at radius 1 is 1.00 bits per heavy atom. The first-order valence-corrected chi connectivity index (χ1v) is 13.0. The molecule has 0 aliphatic rings. The summed E-state index contributed by atoms with van der Waals surface area (Å²) in [6.45, 7) is 3.14. The molecule has 0 atom stereocenters. The van der Waals surface area contributed by atoms with E-state index in [9.17, 15) is 14.4 Å². The summed E-state index contributed by atoms with van der Waals surface area (Å²) in [5, 5.41) is 4.51. The van der Waals surface area contributed by atoms with E-state index in [0.29, 0.717) is 50.6 Å². The van der Waals surface area contributed by atoms with Gasteiger partial charge >= 0.3 is 12.0 Å². The van der Waals surface area contributed by atoms with Crippen LogP contribution in [-0.2, 0) is 32.0 Å². The normalized spacial score (nSPS) is 10.5. The third kappa shape index (κ3) is 10.3. The Morgan fingerprint density at radius 2 is 1.78 bits per heavy atom. The highest BCUT2D eigenvalue weighted by molar-refractivity contribution is 7.09. The second-order valence-electron chi connectivity index (χ2n) is 8.07. The maximum Gasteiger partial charge on any atom is 0.325 e. The molecule has 37 heavy (non-hydrogen) atoms. The number of ether oxygens (including phenoxy) is 4. The molecule has 0 saturated carbocycles. The number of hydrogen-bond donors (Lipinski definition) is 1. The topological polar surface area (TPSA) is 107 Å². The van der Waals surface area contributed by atoms with Gasteiger partial charge in [0.15, 0.2) is 11.5 Å². The molecule has 204 valence electrons. The molecule has 0 aliphatic carbocycles. The number of thiophene rings is 1. The van der Waals surface area contributed by atoms with Gasteiger partial charge in [0.05, 0.1) is 27.4 Å². The summed E-state index contributed by atoms with van der Waals surface area (Å²) in [7, 11) is 4.74. The van der Waals surface area contributed by atoms with Crippen LogP contribution in [0, 0.1) is 0 Å². The van der Waals surface area contributed by atoms with Crippen molar-refractivity contribution in [1.82, 2.24) is 15.1 Å². The third-order valence-corrected chi connectivity index (χ3v) is 6.34. The number of amides is 3. The van der Waals surface area contributed by atoms with E-state index in [1.807, 2.05) is 35.7 Å². The number of esters is 1. The minimum atomic E-state index is -0.534. The lowest BCUT2D eigenvalue weighted by molar-refractivity contribution is -0.141. The maximum atomic E-state index is 13.4. The van der Waals surface area contributed by atoms with Crippen LogP contribution in [0.5, 0.6) is 11.5 Å². The van der Waals surface area contributed by atoms with Gasteiger partial charge < -0.3 is 34.1 Å². The quantitative estimate of drug-likeness (QED) is 0.260. The number of benzene rings is 1. The van der Waals surface area contributed by atoms with Crippen LogP contribution >= 0.6 is 11.3 Å². The molecule has 1 N–H and O–H groups in total. The standard InChI is InChI=1S/C26H37N3O7S/c1-5-36-25(31)17-27-26(32)29(12-7-14-33-2)19-24(30)28(18-21-8-6-15-37-21)13-11-20-9-10-22(34-3)23(16-20)35-4/h6,8-10,15-16H,5,7,11-14,17-19H2,1-4H3,(H,27,32). The zero-order valence-electron chi connectivity index (χ0n) is 22.0. The Bertz CT molecular complexity index is 985. The lowest BCUT2D eigenvalue weighted by Crippen LogP contribution is -2.48. The molecule has 0 unspecified atom stereocenters. The molecule has 0 aliphatic heterocycles. The Labute approximate surface area is 222 Å². The van der Waals surface area contributed by atoms with Crippen LogP contribution in [0.25, 0.3) is 0 Å². The van der Waals surface area contributed by atoms with E-state index >= 15 is 0 Å². The molecule has 11 heteroatoms. The summed E-state index contributed by atoms with van der Waals surface area (Å²) in [6.07, 6.45) is 1.14. The summed E-state index contributed by atoms with van der Waals surface area (Å²) in [4.78, 5) is 42.1. The molecular weight excluding hydrogens is 498 g/mol. The smallest absolute Gasteiger partial charge is 0.325 e. The highest BCUT2D eigenvalue weighted by Crippen LogP contribution is 2.28. The molecular formula is C26H37N3O7S. The fourth-order valence-corrected chi connectivity index (χ4v) is 4.29. The molecule has 0 spiro atoms. The zero-order valence-corrected chi connectivity index (χ0v) is 22.8. The van der Waals surface area contributed by atoms with Gasteiger partial charge in [-0.1, -0.05) is 12.1 Å². The minimum absolute atomic E-state index is 0.129. The van der Waals surface area contributed by atoms with Crippen molar-refractivity contribution in [1.29, 1.82) is 0 Å². The van der Waals surface area contributed by atoms with Gasteiger partial charge in [-0.15, -0.1) is 11.3 Å². The first kappa shape index (κ1) is 29.9. The second kappa shape index (κ2) is 16.4. The van der Waals surface area contributed by atoms with E-state index in [1.54, 1.807) is 44.5 Å². The van der Waals surface area contributed by atoms with Crippen LogP contribution in [0.15, 0.2) is 35.7 Å². The van der Waals surface area contributed by atoms with Gasteiger partial charge in [-0.05, 0) is 48.9 Å². The second-order valence-corrected chi connectivity index (χ2v) is 9.10. The van der Waals surface area contributed by atoms with Crippen molar-refractivity contribution in [2.24, 2.45) is 0 Å². The van der Waals surface area contributed by atoms with Crippen molar-refractivity contribution in [2.75, 3.05) is 60.7 Å². The maximum absolute atomic E-state index is 13.4. The molecule has 1 aromatic carbocycles. The lowest BCUT2D eigenvalue weighted by atomic mass is 10.1. The van der Waals surface area contributed by atoms with Crippen LogP contribution in [0.2, 0.25) is 0 Å². The van der Waals surface area contributed by atoms with Gasteiger partial charge in [-0.2, -0.15) is 0 Å². The highest BCUT2D eigenvalue weighted by Gasteiger charge is 2.22. The molecule has 0 bridgehead atoms. The van der Waals surface area contributed by atoms with Crippen molar-refractivity contribution >= 4 is 29.2 Å². The first-order valence-electron chi connectivity index (χ1n) is 12.1. The van der Waals surface area contributed by atoms with Gasteiger partial charge in [0, 0.05) is 31.7 Å². The van der Waals surface area contributed by atoms with E-state index in [0.717, 1.165) is 10.4 Å². The third-order valence-electron chi connectivity index (χ3n) is 5.48. The minimum Gasteiger partial charge on any atom is -0.493 e. The number of carbonyl (C=O) groups is 3. The molecule has 2 rings (SSSR count). The van der Waals surface area contributed by atoms with Gasteiger partial charge in [0.25, 0.3) is 0 Å². The predicted molar refractivity (Wildman–Crippen MR) is 141 cm³/mol. The Kier molecular flexibility index (Phi) is 13.3. The summed E-state index contributed by atoms with van der Waals surface area (Å²) >= 11 is 1.57. The van der Waals surface area contributed by atoms with E-state index in [2.05, 4.69) is 5.32 Å². The average molecular weight is 536 g/mol. The Hall–Kier alpha value is -3.31. The number of nitrogens with zero attached hydrogens (tertiary/aromatic N) is 2. The van der Waals surface area contributed by atoms with Crippen LogP contribution in [0.1, 0.15) is 23.8 Å². The van der Waals surface area contributed by atoms with Crippen molar-refractivity contribution in [3.05, 3.63) is 46.2 Å². The average Bonchev–Trinajstić information content (AvgIpc) is 3.42. The van der Waals surface area contributed by atoms with E-state index in [4.69, 9.17) is 18.9 Å². The fourth-order valence-electron chi connectivity index (χ4n) is 3.57. The van der Waals surface area contributed by atoms with Crippen LogP contribution in [0.4, 0.5) is 4.79 Å². The summed E-state index contributed by atoms with van der Waals surface area (Å²) < 4.78 is 20.7. The lowest BCUT2D eigenvalue weighted by Gasteiger charge is -2.28. The molecule has 1 heterocycles. The monoisotopic (exact) mass is 535 g/mol. The van der Waals surface area contributed by atoms with Gasteiger partial charge in [0.1, 0.15) is 13.1 Å². The number of carbonyl (C=O) groups excluding carboxylic acids is 3. The number of nitrogens with one attached hydrogen (secondary N) is 1. The van der Waals surface area contributed by atoms with E-state index in [-0.39, 0.29) is 25.6 Å². The number of rotatable bonds is 16. The molecule has 0 fully saturated rings. The van der Waals surface area contributed by atoms with Crippen molar-refractivity contribution in [3.63, 3.8) is 0 Å². The van der Waals surface area contributed by atoms with E-state index < -0.39 is 12.0 Å². The summed E-state index contributed by atoms with van der Waals surface area (Å²) in [6, 6.07) is 9.08.